The van der Waals surface area contributed by atoms with E-state index in [2.05, 4.69) is 31.2 Å². The molecule has 1 aliphatic carbocycles. The Hall–Kier alpha value is -0.970. The highest BCUT2D eigenvalue weighted by atomic mass is 79.9. The van der Waals surface area contributed by atoms with Gasteiger partial charge in [-0.15, -0.1) is 0 Å². The van der Waals surface area contributed by atoms with E-state index < -0.39 is 0 Å². The Labute approximate surface area is 96.6 Å². The molecule has 5 heteroatoms. The van der Waals surface area contributed by atoms with Crippen molar-refractivity contribution in [1.82, 2.24) is 9.97 Å². The van der Waals surface area contributed by atoms with Gasteiger partial charge in [0.2, 0.25) is 5.91 Å². The van der Waals surface area contributed by atoms with Gasteiger partial charge in [0.15, 0.2) is 5.82 Å². The van der Waals surface area contributed by atoms with Crippen LogP contribution in [-0.4, -0.2) is 15.9 Å². The molecule has 1 fully saturated rings. The Morgan fingerprint density at radius 1 is 1.53 bits per heavy atom. The van der Waals surface area contributed by atoms with Crippen LogP contribution in [0.3, 0.4) is 0 Å². The molecule has 0 bridgehead atoms. The molecule has 1 N–H and O–H groups in total. The Morgan fingerprint density at radius 2 is 2.27 bits per heavy atom. The van der Waals surface area contributed by atoms with E-state index in [0.717, 1.165) is 19.3 Å². The minimum Gasteiger partial charge on any atom is -0.309 e. The molecule has 0 saturated heterocycles. The minimum absolute atomic E-state index is 0.0709. The van der Waals surface area contributed by atoms with Crippen molar-refractivity contribution >= 4 is 27.7 Å². The number of rotatable bonds is 3. The van der Waals surface area contributed by atoms with Crippen LogP contribution in [0.25, 0.3) is 0 Å². The summed E-state index contributed by atoms with van der Waals surface area (Å²) in [6.45, 7) is 2.04. The molecule has 0 spiro atoms. The van der Waals surface area contributed by atoms with Crippen LogP contribution < -0.4 is 5.32 Å². The zero-order valence-electron chi connectivity index (χ0n) is 8.46. The summed E-state index contributed by atoms with van der Waals surface area (Å²) >= 11 is 3.19. The van der Waals surface area contributed by atoms with Gasteiger partial charge in [-0.25, -0.2) is 9.97 Å². The molecule has 0 unspecified atom stereocenters. The summed E-state index contributed by atoms with van der Waals surface area (Å²) < 4.78 is 0.664. The molecule has 1 saturated carbocycles. The number of anilines is 1. The van der Waals surface area contributed by atoms with Gasteiger partial charge in [0.05, 0.1) is 12.4 Å². The van der Waals surface area contributed by atoms with E-state index in [9.17, 15) is 4.79 Å². The first-order valence-electron chi connectivity index (χ1n) is 4.95. The van der Waals surface area contributed by atoms with Crippen LogP contribution >= 0.6 is 15.9 Å². The van der Waals surface area contributed by atoms with Crippen LogP contribution in [0.2, 0.25) is 0 Å². The maximum absolute atomic E-state index is 11.8. The average Bonchev–Trinajstić information content (AvgIpc) is 3.02. The number of hydrogen-bond acceptors (Lipinski definition) is 3. The van der Waals surface area contributed by atoms with Crippen LogP contribution in [0.4, 0.5) is 5.82 Å². The first-order valence-corrected chi connectivity index (χ1v) is 5.74. The van der Waals surface area contributed by atoms with E-state index in [1.807, 2.05) is 6.92 Å². The molecular weight excluding hydrogens is 258 g/mol. The average molecular weight is 270 g/mol. The van der Waals surface area contributed by atoms with E-state index >= 15 is 0 Å². The maximum atomic E-state index is 11.8. The van der Waals surface area contributed by atoms with Gasteiger partial charge >= 0.3 is 0 Å². The quantitative estimate of drug-likeness (QED) is 0.917. The fraction of sp³-hybridized carbons (Fsp3) is 0.500. The van der Waals surface area contributed by atoms with E-state index in [-0.39, 0.29) is 11.3 Å². The number of aromatic nitrogens is 2. The van der Waals surface area contributed by atoms with Crippen LogP contribution in [0.1, 0.15) is 26.2 Å². The fourth-order valence-electron chi connectivity index (χ4n) is 1.52. The summed E-state index contributed by atoms with van der Waals surface area (Å²) in [5.74, 6) is 0.588. The monoisotopic (exact) mass is 269 g/mol. The van der Waals surface area contributed by atoms with Gasteiger partial charge in [0, 0.05) is 5.41 Å². The molecule has 0 radical (unpaired) electrons. The van der Waals surface area contributed by atoms with Crippen molar-refractivity contribution in [3.05, 3.63) is 17.0 Å². The molecule has 80 valence electrons. The Kier molecular flexibility index (Phi) is 2.73. The molecule has 1 aliphatic rings. The summed E-state index contributed by atoms with van der Waals surface area (Å²) in [7, 11) is 0. The lowest BCUT2D eigenvalue weighted by atomic mass is 10.0. The van der Waals surface area contributed by atoms with E-state index in [1.165, 1.54) is 0 Å². The predicted molar refractivity (Wildman–Crippen MR) is 60.3 cm³/mol. The number of nitrogens with one attached hydrogen (secondary N) is 1. The second-order valence-corrected chi connectivity index (χ2v) is 4.62. The van der Waals surface area contributed by atoms with Crippen molar-refractivity contribution in [2.45, 2.75) is 26.2 Å². The van der Waals surface area contributed by atoms with Crippen LogP contribution in [0.15, 0.2) is 17.0 Å². The zero-order chi connectivity index (χ0) is 10.9. The lowest BCUT2D eigenvalue weighted by molar-refractivity contribution is -0.121. The molecule has 2 rings (SSSR count). The van der Waals surface area contributed by atoms with Crippen molar-refractivity contribution in [3.63, 3.8) is 0 Å². The zero-order valence-corrected chi connectivity index (χ0v) is 10.0. The van der Waals surface area contributed by atoms with Crippen molar-refractivity contribution < 1.29 is 4.79 Å². The molecule has 1 amide bonds. The summed E-state index contributed by atoms with van der Waals surface area (Å²) in [4.78, 5) is 19.9. The Morgan fingerprint density at radius 3 is 2.73 bits per heavy atom. The lowest BCUT2D eigenvalue weighted by Crippen LogP contribution is -2.24. The Balaban J connectivity index is 2.03. The normalized spacial score (nSPS) is 17.2. The second-order valence-electron chi connectivity index (χ2n) is 3.81. The number of carbonyl (C=O) groups excluding carboxylic acids is 1. The number of carbonyl (C=O) groups is 1. The SMILES string of the molecule is CCC1(C(=O)Nc2cnc(Br)cn2)CC1. The number of nitrogens with zero attached hydrogens (tertiary/aromatic N) is 2. The number of amides is 1. The van der Waals surface area contributed by atoms with Crippen molar-refractivity contribution in [3.8, 4) is 0 Å². The van der Waals surface area contributed by atoms with Crippen molar-refractivity contribution in [2.75, 3.05) is 5.32 Å². The first-order chi connectivity index (χ1) is 7.16. The number of hydrogen-bond donors (Lipinski definition) is 1. The van der Waals surface area contributed by atoms with Gasteiger partial charge < -0.3 is 5.32 Å². The summed E-state index contributed by atoms with van der Waals surface area (Å²) in [6, 6.07) is 0. The predicted octanol–water partition coefficient (Wildman–Crippen LogP) is 2.37. The second kappa shape index (κ2) is 3.89. The summed E-state index contributed by atoms with van der Waals surface area (Å²) in [6.07, 6.45) is 5.98. The summed E-state index contributed by atoms with van der Waals surface area (Å²) in [5.41, 5.74) is -0.130. The van der Waals surface area contributed by atoms with Gasteiger partial charge in [-0.05, 0) is 35.2 Å². The smallest absolute Gasteiger partial charge is 0.231 e. The van der Waals surface area contributed by atoms with E-state index in [4.69, 9.17) is 0 Å². The number of halogens is 1. The minimum atomic E-state index is -0.130. The molecule has 0 atom stereocenters. The third kappa shape index (κ3) is 2.17. The van der Waals surface area contributed by atoms with Gasteiger partial charge in [0.25, 0.3) is 0 Å². The highest BCUT2D eigenvalue weighted by Crippen LogP contribution is 2.49. The van der Waals surface area contributed by atoms with Gasteiger partial charge in [-0.3, -0.25) is 4.79 Å². The molecule has 0 aromatic carbocycles. The van der Waals surface area contributed by atoms with Crippen molar-refractivity contribution in [2.24, 2.45) is 5.41 Å². The van der Waals surface area contributed by atoms with E-state index in [1.54, 1.807) is 12.4 Å². The largest absolute Gasteiger partial charge is 0.309 e. The molecule has 1 aromatic rings. The lowest BCUT2D eigenvalue weighted by Gasteiger charge is -2.11. The van der Waals surface area contributed by atoms with Gasteiger partial charge in [-0.1, -0.05) is 6.92 Å². The van der Waals surface area contributed by atoms with Gasteiger partial charge in [-0.2, -0.15) is 0 Å². The third-order valence-corrected chi connectivity index (χ3v) is 3.28. The topological polar surface area (TPSA) is 54.9 Å². The highest BCUT2D eigenvalue weighted by molar-refractivity contribution is 9.10. The molecule has 15 heavy (non-hydrogen) atoms. The first kappa shape index (κ1) is 10.5. The van der Waals surface area contributed by atoms with Gasteiger partial charge in [0.1, 0.15) is 4.60 Å². The van der Waals surface area contributed by atoms with Crippen LogP contribution in [-0.2, 0) is 4.79 Å². The molecule has 1 aromatic heterocycles. The highest BCUT2D eigenvalue weighted by Gasteiger charge is 2.48. The molecule has 4 nitrogen and oxygen atoms in total. The third-order valence-electron chi connectivity index (χ3n) is 2.87. The summed E-state index contributed by atoms with van der Waals surface area (Å²) in [5, 5.41) is 2.79. The molecular formula is C10H12BrN3O. The Bertz CT molecular complexity index is 373. The molecule has 1 heterocycles. The van der Waals surface area contributed by atoms with Crippen LogP contribution in [0.5, 0.6) is 0 Å². The van der Waals surface area contributed by atoms with E-state index in [0.29, 0.717) is 10.4 Å². The fourth-order valence-corrected chi connectivity index (χ4v) is 1.72. The maximum Gasteiger partial charge on any atom is 0.231 e. The van der Waals surface area contributed by atoms with Crippen LogP contribution in [0, 0.1) is 5.41 Å². The van der Waals surface area contributed by atoms with Crippen molar-refractivity contribution in [1.29, 1.82) is 0 Å². The molecule has 0 aliphatic heterocycles. The standard InChI is InChI=1S/C10H12BrN3O/c1-2-10(3-4-10)9(15)14-8-6-12-7(11)5-13-8/h5-6H,2-4H2,1H3,(H,13,14,15).